The van der Waals surface area contributed by atoms with Crippen LogP contribution in [0.5, 0.6) is 5.75 Å². The minimum atomic E-state index is -0.191. The Labute approximate surface area is 216 Å². The number of rotatable bonds is 10. The molecule has 3 aromatic carbocycles. The summed E-state index contributed by atoms with van der Waals surface area (Å²) in [4.78, 5) is 16.6. The topological polar surface area (TPSA) is 71.2 Å². The number of imidazole rings is 1. The Morgan fingerprint density at radius 3 is 2.46 bits per heavy atom. The van der Waals surface area contributed by atoms with Crippen molar-refractivity contribution in [3.8, 4) is 17.0 Å². The first-order valence-electron chi connectivity index (χ1n) is 12.5. The molecule has 0 saturated carbocycles. The summed E-state index contributed by atoms with van der Waals surface area (Å²) in [7, 11) is 2.01. The van der Waals surface area contributed by atoms with E-state index >= 15 is 0 Å². The molecule has 0 N–H and O–H groups in total. The van der Waals surface area contributed by atoms with E-state index in [-0.39, 0.29) is 5.97 Å². The van der Waals surface area contributed by atoms with Crippen LogP contribution in [0.1, 0.15) is 30.3 Å². The average Bonchev–Trinajstić information content (AvgIpc) is 3.48. The largest absolute Gasteiger partial charge is 0.486 e. The number of carbonyl (C=O) groups is 1. The number of fused-ring (bicyclic) bond motifs is 1. The Morgan fingerprint density at radius 1 is 0.946 bits per heavy atom. The molecular formula is C30H30N4O3. The molecule has 0 aliphatic heterocycles. The van der Waals surface area contributed by atoms with Gasteiger partial charge in [0.15, 0.2) is 0 Å². The Morgan fingerprint density at radius 2 is 1.70 bits per heavy atom. The second-order valence-electron chi connectivity index (χ2n) is 8.88. The van der Waals surface area contributed by atoms with E-state index in [1.807, 2.05) is 97.6 Å². The van der Waals surface area contributed by atoms with E-state index in [1.54, 1.807) is 0 Å². The summed E-state index contributed by atoms with van der Waals surface area (Å²) in [6.45, 7) is 3.22. The SMILES string of the molecule is CCOC(=O)CCc1cn(Cc2ccc(OCc3nc4ccccc4n3C)cc2)nc1-c1ccccc1. The normalized spacial score (nSPS) is 11.1. The van der Waals surface area contributed by atoms with Gasteiger partial charge in [0.2, 0.25) is 0 Å². The Kier molecular flexibility index (Phi) is 7.31. The summed E-state index contributed by atoms with van der Waals surface area (Å²) in [5.74, 6) is 1.48. The predicted molar refractivity (Wildman–Crippen MR) is 143 cm³/mol. The first kappa shape index (κ1) is 24.3. The summed E-state index contributed by atoms with van der Waals surface area (Å²) in [5, 5.41) is 4.85. The first-order chi connectivity index (χ1) is 18.1. The van der Waals surface area contributed by atoms with Crippen LogP contribution in [0.25, 0.3) is 22.3 Å². The summed E-state index contributed by atoms with van der Waals surface area (Å²) in [5.41, 5.74) is 6.12. The van der Waals surface area contributed by atoms with Gasteiger partial charge in [-0.05, 0) is 48.7 Å². The van der Waals surface area contributed by atoms with E-state index in [4.69, 9.17) is 14.6 Å². The second-order valence-corrected chi connectivity index (χ2v) is 8.88. The lowest BCUT2D eigenvalue weighted by Crippen LogP contribution is -2.05. The van der Waals surface area contributed by atoms with Crippen molar-refractivity contribution in [1.29, 1.82) is 0 Å². The molecule has 188 valence electrons. The highest BCUT2D eigenvalue weighted by atomic mass is 16.5. The fraction of sp³-hybridized carbons (Fsp3) is 0.233. The van der Waals surface area contributed by atoms with Crippen molar-refractivity contribution in [3.05, 3.63) is 102 Å². The van der Waals surface area contributed by atoms with Crippen LogP contribution < -0.4 is 4.74 Å². The van der Waals surface area contributed by atoms with Gasteiger partial charge >= 0.3 is 5.97 Å². The fourth-order valence-corrected chi connectivity index (χ4v) is 4.39. The zero-order valence-corrected chi connectivity index (χ0v) is 21.1. The molecule has 0 bridgehead atoms. The van der Waals surface area contributed by atoms with Crippen molar-refractivity contribution in [2.75, 3.05) is 6.61 Å². The second kappa shape index (κ2) is 11.1. The Balaban J connectivity index is 1.27. The number of ether oxygens (including phenoxy) is 2. The van der Waals surface area contributed by atoms with Crippen LogP contribution >= 0.6 is 0 Å². The van der Waals surface area contributed by atoms with Gasteiger partial charge in [0, 0.05) is 25.2 Å². The van der Waals surface area contributed by atoms with E-state index in [9.17, 15) is 4.79 Å². The van der Waals surface area contributed by atoms with Crippen molar-refractivity contribution in [3.63, 3.8) is 0 Å². The highest BCUT2D eigenvalue weighted by molar-refractivity contribution is 5.75. The van der Waals surface area contributed by atoms with Gasteiger partial charge in [-0.25, -0.2) is 4.98 Å². The summed E-state index contributed by atoms with van der Waals surface area (Å²) < 4.78 is 15.1. The molecule has 0 amide bonds. The number of benzene rings is 3. The molecule has 0 unspecified atom stereocenters. The molecule has 0 radical (unpaired) electrons. The van der Waals surface area contributed by atoms with E-state index in [0.717, 1.165) is 45.0 Å². The number of esters is 1. The quantitative estimate of drug-likeness (QED) is 0.238. The lowest BCUT2D eigenvalue weighted by atomic mass is 10.0. The van der Waals surface area contributed by atoms with E-state index < -0.39 is 0 Å². The lowest BCUT2D eigenvalue weighted by Gasteiger charge is -2.08. The van der Waals surface area contributed by atoms with Crippen LogP contribution in [-0.4, -0.2) is 31.9 Å². The molecule has 0 fully saturated rings. The molecule has 2 aromatic heterocycles. The third-order valence-corrected chi connectivity index (χ3v) is 6.30. The van der Waals surface area contributed by atoms with Crippen LogP contribution in [0, 0.1) is 0 Å². The number of hydrogen-bond acceptors (Lipinski definition) is 5. The van der Waals surface area contributed by atoms with Crippen LogP contribution in [-0.2, 0) is 36.2 Å². The zero-order valence-electron chi connectivity index (χ0n) is 21.1. The monoisotopic (exact) mass is 494 g/mol. The van der Waals surface area contributed by atoms with Crippen molar-refractivity contribution >= 4 is 17.0 Å². The molecule has 2 heterocycles. The van der Waals surface area contributed by atoms with E-state index in [1.165, 1.54) is 0 Å². The molecule has 0 atom stereocenters. The number of nitrogens with zero attached hydrogens (tertiary/aromatic N) is 4. The fourth-order valence-electron chi connectivity index (χ4n) is 4.39. The highest BCUT2D eigenvalue weighted by Gasteiger charge is 2.14. The van der Waals surface area contributed by atoms with Gasteiger partial charge in [-0.15, -0.1) is 0 Å². The standard InChI is InChI=1S/C30H30N4O3/c1-3-36-29(35)18-15-24-20-34(32-30(24)23-9-5-4-6-10-23)19-22-13-16-25(17-14-22)37-21-28-31-26-11-7-8-12-27(26)33(28)2/h4-14,16-17,20H,3,15,18-19,21H2,1-2H3. The molecule has 5 rings (SSSR count). The molecule has 7 heteroatoms. The minimum Gasteiger partial charge on any atom is -0.486 e. The van der Waals surface area contributed by atoms with Gasteiger partial charge in [-0.2, -0.15) is 5.10 Å². The maximum Gasteiger partial charge on any atom is 0.306 e. The third kappa shape index (κ3) is 5.72. The predicted octanol–water partition coefficient (Wildman–Crippen LogP) is 5.56. The number of aromatic nitrogens is 4. The van der Waals surface area contributed by atoms with Gasteiger partial charge in [0.25, 0.3) is 0 Å². The molecule has 0 spiro atoms. The van der Waals surface area contributed by atoms with Crippen LogP contribution in [0.3, 0.4) is 0 Å². The van der Waals surface area contributed by atoms with Gasteiger partial charge in [-0.3, -0.25) is 9.48 Å². The van der Waals surface area contributed by atoms with E-state index in [0.29, 0.717) is 32.6 Å². The van der Waals surface area contributed by atoms with Gasteiger partial charge in [-0.1, -0.05) is 54.6 Å². The van der Waals surface area contributed by atoms with E-state index in [2.05, 4.69) is 15.6 Å². The maximum absolute atomic E-state index is 11.9. The minimum absolute atomic E-state index is 0.191. The summed E-state index contributed by atoms with van der Waals surface area (Å²) >= 11 is 0. The number of para-hydroxylation sites is 2. The van der Waals surface area contributed by atoms with Gasteiger partial charge < -0.3 is 14.0 Å². The lowest BCUT2D eigenvalue weighted by molar-refractivity contribution is -0.143. The number of hydrogen-bond donors (Lipinski definition) is 0. The van der Waals surface area contributed by atoms with Crippen LogP contribution in [0.2, 0.25) is 0 Å². The van der Waals surface area contributed by atoms with Crippen molar-refractivity contribution in [1.82, 2.24) is 19.3 Å². The third-order valence-electron chi connectivity index (χ3n) is 6.30. The van der Waals surface area contributed by atoms with Crippen LogP contribution in [0.15, 0.2) is 85.1 Å². The van der Waals surface area contributed by atoms with Crippen LogP contribution in [0.4, 0.5) is 0 Å². The summed E-state index contributed by atoms with van der Waals surface area (Å²) in [6, 6.07) is 26.2. The molecular weight excluding hydrogens is 464 g/mol. The Hall–Kier alpha value is -4.39. The molecule has 5 aromatic rings. The molecule has 0 saturated heterocycles. The van der Waals surface area contributed by atoms with Crippen molar-refractivity contribution < 1.29 is 14.3 Å². The zero-order chi connectivity index (χ0) is 25.6. The molecule has 0 aliphatic rings. The number of aryl methyl sites for hydroxylation is 2. The highest BCUT2D eigenvalue weighted by Crippen LogP contribution is 2.24. The molecule has 0 aliphatic carbocycles. The van der Waals surface area contributed by atoms with Crippen molar-refractivity contribution in [2.24, 2.45) is 7.05 Å². The van der Waals surface area contributed by atoms with Gasteiger partial charge in [0.1, 0.15) is 18.2 Å². The van der Waals surface area contributed by atoms with Gasteiger partial charge in [0.05, 0.1) is 29.9 Å². The van der Waals surface area contributed by atoms with Crippen molar-refractivity contribution in [2.45, 2.75) is 32.9 Å². The maximum atomic E-state index is 11.9. The number of carbonyl (C=O) groups excluding carboxylic acids is 1. The summed E-state index contributed by atoms with van der Waals surface area (Å²) in [6.07, 6.45) is 2.94. The molecule has 37 heavy (non-hydrogen) atoms. The smallest absolute Gasteiger partial charge is 0.306 e. The first-order valence-corrected chi connectivity index (χ1v) is 12.5. The average molecular weight is 495 g/mol. The Bertz CT molecular complexity index is 1490. The molecule has 7 nitrogen and oxygen atoms in total.